The van der Waals surface area contributed by atoms with Gasteiger partial charge in [0.25, 0.3) is 0 Å². The third-order valence-electron chi connectivity index (χ3n) is 2.41. The highest BCUT2D eigenvalue weighted by Gasteiger charge is 2.10. The second kappa shape index (κ2) is 5.81. The highest BCUT2D eigenvalue weighted by molar-refractivity contribution is 5.21. The molecule has 1 rings (SSSR count). The van der Waals surface area contributed by atoms with Crippen LogP contribution in [0.5, 0.6) is 0 Å². The standard InChI is InChI=1S/C12H17F2N/c1-3-4-7-15-9(2)11-8-10(13)5-6-12(11)14/h5-6,8-9,15H,3-4,7H2,1-2H3/t9-/m0/s1. The molecule has 0 amide bonds. The van der Waals surface area contributed by atoms with Crippen molar-refractivity contribution in [1.82, 2.24) is 5.32 Å². The van der Waals surface area contributed by atoms with Crippen molar-refractivity contribution in [2.45, 2.75) is 32.7 Å². The van der Waals surface area contributed by atoms with Crippen molar-refractivity contribution in [1.29, 1.82) is 0 Å². The smallest absolute Gasteiger partial charge is 0.128 e. The molecule has 84 valence electrons. The molecule has 1 aromatic rings. The third-order valence-corrected chi connectivity index (χ3v) is 2.41. The first-order chi connectivity index (χ1) is 7.15. The summed E-state index contributed by atoms with van der Waals surface area (Å²) in [5, 5.41) is 3.16. The van der Waals surface area contributed by atoms with Crippen LogP contribution >= 0.6 is 0 Å². The molecule has 0 saturated carbocycles. The lowest BCUT2D eigenvalue weighted by atomic mass is 10.1. The number of benzene rings is 1. The van der Waals surface area contributed by atoms with Gasteiger partial charge in [0.15, 0.2) is 0 Å². The van der Waals surface area contributed by atoms with Gasteiger partial charge < -0.3 is 5.32 Å². The largest absolute Gasteiger partial charge is 0.310 e. The number of halogens is 2. The van der Waals surface area contributed by atoms with Gasteiger partial charge in [0.05, 0.1) is 0 Å². The molecular weight excluding hydrogens is 196 g/mol. The van der Waals surface area contributed by atoms with Crippen LogP contribution in [0.4, 0.5) is 8.78 Å². The second-order valence-electron chi connectivity index (χ2n) is 3.70. The Morgan fingerprint density at radius 1 is 1.33 bits per heavy atom. The molecule has 1 nitrogen and oxygen atoms in total. The van der Waals surface area contributed by atoms with Crippen LogP contribution < -0.4 is 5.32 Å². The van der Waals surface area contributed by atoms with E-state index in [9.17, 15) is 8.78 Å². The Hall–Kier alpha value is -0.960. The van der Waals surface area contributed by atoms with Crippen LogP contribution in [0.15, 0.2) is 18.2 Å². The van der Waals surface area contributed by atoms with Gasteiger partial charge in [-0.05, 0) is 38.1 Å². The van der Waals surface area contributed by atoms with Gasteiger partial charge in [0.2, 0.25) is 0 Å². The van der Waals surface area contributed by atoms with E-state index in [0.717, 1.165) is 25.5 Å². The van der Waals surface area contributed by atoms with Gasteiger partial charge >= 0.3 is 0 Å². The zero-order chi connectivity index (χ0) is 11.3. The van der Waals surface area contributed by atoms with Crippen LogP contribution in [-0.2, 0) is 0 Å². The maximum absolute atomic E-state index is 13.3. The lowest BCUT2D eigenvalue weighted by Crippen LogP contribution is -2.20. The van der Waals surface area contributed by atoms with E-state index >= 15 is 0 Å². The summed E-state index contributed by atoms with van der Waals surface area (Å²) in [5.74, 6) is -0.747. The van der Waals surface area contributed by atoms with E-state index in [1.807, 2.05) is 6.92 Å². The minimum atomic E-state index is -0.393. The first kappa shape index (κ1) is 12.1. The molecular formula is C12H17F2N. The maximum atomic E-state index is 13.3. The van der Waals surface area contributed by atoms with E-state index < -0.39 is 5.82 Å². The zero-order valence-electron chi connectivity index (χ0n) is 9.19. The lowest BCUT2D eigenvalue weighted by molar-refractivity contribution is 0.511. The van der Waals surface area contributed by atoms with Gasteiger partial charge in [-0.2, -0.15) is 0 Å². The number of hydrogen-bond donors (Lipinski definition) is 1. The fraction of sp³-hybridized carbons (Fsp3) is 0.500. The number of unbranched alkanes of at least 4 members (excludes halogenated alkanes) is 1. The Morgan fingerprint density at radius 2 is 2.07 bits per heavy atom. The van der Waals surface area contributed by atoms with Crippen molar-refractivity contribution >= 4 is 0 Å². The molecule has 0 heterocycles. The molecule has 0 aliphatic rings. The highest BCUT2D eigenvalue weighted by Crippen LogP contribution is 2.17. The third kappa shape index (κ3) is 3.59. The monoisotopic (exact) mass is 213 g/mol. The number of hydrogen-bond acceptors (Lipinski definition) is 1. The van der Waals surface area contributed by atoms with E-state index in [1.54, 1.807) is 0 Å². The second-order valence-corrected chi connectivity index (χ2v) is 3.70. The number of rotatable bonds is 5. The van der Waals surface area contributed by atoms with E-state index in [1.165, 1.54) is 12.1 Å². The predicted molar refractivity (Wildman–Crippen MR) is 57.7 cm³/mol. The summed E-state index contributed by atoms with van der Waals surface area (Å²) in [6.07, 6.45) is 2.13. The fourth-order valence-corrected chi connectivity index (χ4v) is 1.45. The SMILES string of the molecule is CCCCN[C@@H](C)c1cc(F)ccc1F. The molecule has 0 spiro atoms. The summed E-state index contributed by atoms with van der Waals surface area (Å²) in [4.78, 5) is 0. The van der Waals surface area contributed by atoms with Crippen LogP contribution in [0.1, 0.15) is 38.3 Å². The van der Waals surface area contributed by atoms with E-state index in [0.29, 0.717) is 5.56 Å². The number of nitrogens with one attached hydrogen (secondary N) is 1. The molecule has 0 saturated heterocycles. The van der Waals surface area contributed by atoms with E-state index in [2.05, 4.69) is 12.2 Å². The molecule has 0 aliphatic carbocycles. The summed E-state index contributed by atoms with van der Waals surface area (Å²) in [6.45, 7) is 4.76. The zero-order valence-corrected chi connectivity index (χ0v) is 9.19. The Balaban J connectivity index is 2.64. The Labute approximate surface area is 89.5 Å². The molecule has 1 N–H and O–H groups in total. The van der Waals surface area contributed by atoms with Crippen LogP contribution in [0, 0.1) is 11.6 Å². The molecule has 0 radical (unpaired) electrons. The minimum absolute atomic E-state index is 0.146. The first-order valence-corrected chi connectivity index (χ1v) is 5.33. The molecule has 0 unspecified atom stereocenters. The summed E-state index contributed by atoms with van der Waals surface area (Å²) in [6, 6.07) is 3.41. The van der Waals surface area contributed by atoms with Crippen molar-refractivity contribution < 1.29 is 8.78 Å². The van der Waals surface area contributed by atoms with Crippen LogP contribution in [-0.4, -0.2) is 6.54 Å². The van der Waals surface area contributed by atoms with Crippen LogP contribution in [0.25, 0.3) is 0 Å². The van der Waals surface area contributed by atoms with Crippen molar-refractivity contribution in [3.8, 4) is 0 Å². The summed E-state index contributed by atoms with van der Waals surface area (Å²) >= 11 is 0. The van der Waals surface area contributed by atoms with Gasteiger partial charge in [-0.25, -0.2) is 8.78 Å². The molecule has 0 fully saturated rings. The van der Waals surface area contributed by atoms with Gasteiger partial charge in [-0.3, -0.25) is 0 Å². The Kier molecular flexibility index (Phi) is 4.69. The molecule has 1 atom stereocenters. The lowest BCUT2D eigenvalue weighted by Gasteiger charge is -2.14. The van der Waals surface area contributed by atoms with Crippen LogP contribution in [0.2, 0.25) is 0 Å². The van der Waals surface area contributed by atoms with E-state index in [-0.39, 0.29) is 11.9 Å². The van der Waals surface area contributed by atoms with Crippen molar-refractivity contribution in [3.05, 3.63) is 35.4 Å². The fourth-order valence-electron chi connectivity index (χ4n) is 1.45. The molecule has 0 bridgehead atoms. The molecule has 3 heteroatoms. The summed E-state index contributed by atoms with van der Waals surface area (Å²) < 4.78 is 26.2. The predicted octanol–water partition coefficient (Wildman–Crippen LogP) is 3.42. The highest BCUT2D eigenvalue weighted by atomic mass is 19.1. The summed E-state index contributed by atoms with van der Waals surface area (Å²) in [7, 11) is 0. The minimum Gasteiger partial charge on any atom is -0.310 e. The maximum Gasteiger partial charge on any atom is 0.128 e. The average Bonchev–Trinajstić information content (AvgIpc) is 2.22. The van der Waals surface area contributed by atoms with Crippen molar-refractivity contribution in [2.75, 3.05) is 6.54 Å². The summed E-state index contributed by atoms with van der Waals surface area (Å²) in [5.41, 5.74) is 0.395. The Bertz CT molecular complexity index is 312. The van der Waals surface area contributed by atoms with Gasteiger partial charge in [-0.15, -0.1) is 0 Å². The van der Waals surface area contributed by atoms with E-state index in [4.69, 9.17) is 0 Å². The Morgan fingerprint density at radius 3 is 2.73 bits per heavy atom. The molecule has 0 aliphatic heterocycles. The molecule has 0 aromatic heterocycles. The van der Waals surface area contributed by atoms with Crippen molar-refractivity contribution in [3.63, 3.8) is 0 Å². The average molecular weight is 213 g/mol. The van der Waals surface area contributed by atoms with Crippen molar-refractivity contribution in [2.24, 2.45) is 0 Å². The normalized spacial score (nSPS) is 12.8. The topological polar surface area (TPSA) is 12.0 Å². The van der Waals surface area contributed by atoms with Gasteiger partial charge in [0.1, 0.15) is 11.6 Å². The van der Waals surface area contributed by atoms with Gasteiger partial charge in [0, 0.05) is 11.6 Å². The van der Waals surface area contributed by atoms with Gasteiger partial charge in [-0.1, -0.05) is 13.3 Å². The van der Waals surface area contributed by atoms with Crippen LogP contribution in [0.3, 0.4) is 0 Å². The quantitative estimate of drug-likeness (QED) is 0.739. The molecule has 1 aromatic carbocycles. The molecule has 15 heavy (non-hydrogen) atoms. The first-order valence-electron chi connectivity index (χ1n) is 5.33.